The zero-order valence-electron chi connectivity index (χ0n) is 16.1. The Morgan fingerprint density at radius 1 is 1.15 bits per heavy atom. The monoisotopic (exact) mass is 392 g/mol. The standard InChI is InChI=1S/C21H28N2O3.ClH/c1-16(23(3)14-20(24)18-7-5-4-6-8-18)13-17-9-11-19(12-10-17)26-15-21(25)22-2;/h4-12,16,20,24H,13-15H2,1-3H3,(H,22,25);1H. The number of ether oxygens (including phenoxy) is 1. The van der Waals surface area contributed by atoms with Crippen LogP contribution in [0, 0.1) is 0 Å². The maximum Gasteiger partial charge on any atom is 0.257 e. The van der Waals surface area contributed by atoms with Crippen LogP contribution in [0.15, 0.2) is 54.6 Å². The van der Waals surface area contributed by atoms with Gasteiger partial charge in [-0.1, -0.05) is 42.5 Å². The molecule has 0 aliphatic heterocycles. The molecular weight excluding hydrogens is 364 g/mol. The van der Waals surface area contributed by atoms with Crippen molar-refractivity contribution in [3.63, 3.8) is 0 Å². The summed E-state index contributed by atoms with van der Waals surface area (Å²) in [7, 11) is 3.61. The second-order valence-electron chi connectivity index (χ2n) is 6.53. The number of amides is 1. The summed E-state index contributed by atoms with van der Waals surface area (Å²) < 4.78 is 5.41. The zero-order chi connectivity index (χ0) is 18.9. The highest BCUT2D eigenvalue weighted by molar-refractivity contribution is 5.85. The number of carbonyl (C=O) groups is 1. The van der Waals surface area contributed by atoms with Crippen LogP contribution in [-0.2, 0) is 11.2 Å². The summed E-state index contributed by atoms with van der Waals surface area (Å²) in [6.07, 6.45) is 0.373. The molecule has 0 heterocycles. The molecule has 0 saturated carbocycles. The van der Waals surface area contributed by atoms with Crippen LogP contribution in [0.5, 0.6) is 5.75 Å². The van der Waals surface area contributed by atoms with Crippen LogP contribution in [0.25, 0.3) is 0 Å². The van der Waals surface area contributed by atoms with Crippen molar-refractivity contribution >= 4 is 18.3 Å². The van der Waals surface area contributed by atoms with Gasteiger partial charge in [0, 0.05) is 19.6 Å². The number of nitrogens with zero attached hydrogens (tertiary/aromatic N) is 1. The number of hydrogen-bond acceptors (Lipinski definition) is 4. The van der Waals surface area contributed by atoms with Gasteiger partial charge in [-0.25, -0.2) is 0 Å². The molecule has 27 heavy (non-hydrogen) atoms. The number of likely N-dealkylation sites (N-methyl/N-ethyl adjacent to an activating group) is 2. The number of carbonyl (C=O) groups excluding carboxylic acids is 1. The van der Waals surface area contributed by atoms with E-state index in [4.69, 9.17) is 4.74 Å². The Hall–Kier alpha value is -2.08. The number of rotatable bonds is 9. The van der Waals surface area contributed by atoms with E-state index >= 15 is 0 Å². The topological polar surface area (TPSA) is 61.8 Å². The van der Waals surface area contributed by atoms with E-state index in [0.717, 1.165) is 12.0 Å². The molecule has 5 nitrogen and oxygen atoms in total. The summed E-state index contributed by atoms with van der Waals surface area (Å²) >= 11 is 0. The highest BCUT2D eigenvalue weighted by atomic mass is 35.5. The molecule has 0 spiro atoms. The third-order valence-electron chi connectivity index (χ3n) is 4.50. The predicted octanol–water partition coefficient (Wildman–Crippen LogP) is 2.83. The van der Waals surface area contributed by atoms with Gasteiger partial charge < -0.3 is 20.1 Å². The largest absolute Gasteiger partial charge is 0.484 e. The van der Waals surface area contributed by atoms with Crippen molar-refractivity contribution in [3.05, 3.63) is 65.7 Å². The second-order valence-corrected chi connectivity index (χ2v) is 6.53. The van der Waals surface area contributed by atoms with Gasteiger partial charge in [-0.3, -0.25) is 4.79 Å². The van der Waals surface area contributed by atoms with Crippen LogP contribution in [-0.4, -0.2) is 49.2 Å². The molecule has 0 saturated heterocycles. The van der Waals surface area contributed by atoms with E-state index < -0.39 is 6.10 Å². The van der Waals surface area contributed by atoms with Crippen LogP contribution < -0.4 is 10.1 Å². The molecule has 0 radical (unpaired) electrons. The Balaban J connectivity index is 0.00000364. The van der Waals surface area contributed by atoms with E-state index in [-0.39, 0.29) is 31.0 Å². The summed E-state index contributed by atoms with van der Waals surface area (Å²) in [4.78, 5) is 13.4. The second kappa shape index (κ2) is 11.6. The molecular formula is C21H29ClN2O3. The Morgan fingerprint density at radius 2 is 1.78 bits per heavy atom. The lowest BCUT2D eigenvalue weighted by atomic mass is 10.0. The first-order chi connectivity index (χ1) is 12.5. The highest BCUT2D eigenvalue weighted by Gasteiger charge is 2.15. The molecule has 0 bridgehead atoms. The minimum atomic E-state index is -0.496. The van der Waals surface area contributed by atoms with Gasteiger partial charge in [-0.2, -0.15) is 0 Å². The van der Waals surface area contributed by atoms with E-state index in [1.165, 1.54) is 5.56 Å². The van der Waals surface area contributed by atoms with E-state index in [1.807, 2.05) is 61.6 Å². The predicted molar refractivity (Wildman–Crippen MR) is 110 cm³/mol. The number of halogens is 1. The highest BCUT2D eigenvalue weighted by Crippen LogP contribution is 2.17. The van der Waals surface area contributed by atoms with Gasteiger partial charge in [0.2, 0.25) is 0 Å². The quantitative estimate of drug-likeness (QED) is 0.688. The minimum Gasteiger partial charge on any atom is -0.484 e. The van der Waals surface area contributed by atoms with Gasteiger partial charge in [0.1, 0.15) is 5.75 Å². The first-order valence-corrected chi connectivity index (χ1v) is 8.85. The van der Waals surface area contributed by atoms with Crippen LogP contribution in [0.4, 0.5) is 0 Å². The van der Waals surface area contributed by atoms with Crippen LogP contribution in [0.1, 0.15) is 24.2 Å². The average molecular weight is 393 g/mol. The Labute approximate surface area is 167 Å². The van der Waals surface area contributed by atoms with Crippen LogP contribution >= 0.6 is 12.4 Å². The lowest BCUT2D eigenvalue weighted by Gasteiger charge is -2.27. The summed E-state index contributed by atoms with van der Waals surface area (Å²) in [5.74, 6) is 0.527. The Morgan fingerprint density at radius 3 is 2.37 bits per heavy atom. The maximum absolute atomic E-state index is 11.2. The van der Waals surface area contributed by atoms with Gasteiger partial charge in [-0.15, -0.1) is 12.4 Å². The molecule has 0 aliphatic rings. The molecule has 2 aromatic rings. The molecule has 1 amide bonds. The van der Waals surface area contributed by atoms with Crippen LogP contribution in [0.2, 0.25) is 0 Å². The first kappa shape index (κ1) is 23.0. The van der Waals surface area contributed by atoms with Crippen molar-refractivity contribution in [2.24, 2.45) is 0 Å². The number of aliphatic hydroxyl groups is 1. The number of hydrogen-bond donors (Lipinski definition) is 2. The summed E-state index contributed by atoms with van der Waals surface area (Å²) in [6, 6.07) is 17.8. The zero-order valence-corrected chi connectivity index (χ0v) is 16.9. The molecule has 2 atom stereocenters. The minimum absolute atomic E-state index is 0. The summed E-state index contributed by atoms with van der Waals surface area (Å²) in [5.41, 5.74) is 2.12. The fraction of sp³-hybridized carbons (Fsp3) is 0.381. The molecule has 0 aromatic heterocycles. The van der Waals surface area contributed by atoms with E-state index in [9.17, 15) is 9.90 Å². The van der Waals surface area contributed by atoms with Crippen molar-refractivity contribution < 1.29 is 14.6 Å². The van der Waals surface area contributed by atoms with Gasteiger partial charge >= 0.3 is 0 Å². The van der Waals surface area contributed by atoms with E-state index in [0.29, 0.717) is 12.3 Å². The SMILES string of the molecule is CNC(=O)COc1ccc(CC(C)N(C)CC(O)c2ccccc2)cc1.Cl. The van der Waals surface area contributed by atoms with Gasteiger partial charge in [-0.05, 0) is 43.7 Å². The molecule has 2 aromatic carbocycles. The van der Waals surface area contributed by atoms with Crippen molar-refractivity contribution in [2.45, 2.75) is 25.5 Å². The van der Waals surface area contributed by atoms with Crippen molar-refractivity contribution in [2.75, 3.05) is 27.2 Å². The molecule has 0 fully saturated rings. The molecule has 6 heteroatoms. The van der Waals surface area contributed by atoms with Gasteiger partial charge in [0.25, 0.3) is 5.91 Å². The summed E-state index contributed by atoms with van der Waals surface area (Å²) in [6.45, 7) is 2.75. The van der Waals surface area contributed by atoms with Crippen LogP contribution in [0.3, 0.4) is 0 Å². The fourth-order valence-corrected chi connectivity index (χ4v) is 2.67. The molecule has 2 rings (SSSR count). The van der Waals surface area contributed by atoms with Crippen molar-refractivity contribution in [3.8, 4) is 5.75 Å². The smallest absolute Gasteiger partial charge is 0.257 e. The third-order valence-corrected chi connectivity index (χ3v) is 4.50. The van der Waals surface area contributed by atoms with Crippen molar-refractivity contribution in [1.82, 2.24) is 10.2 Å². The maximum atomic E-state index is 11.2. The number of aliphatic hydroxyl groups excluding tert-OH is 1. The summed E-state index contributed by atoms with van der Waals surface area (Å²) in [5, 5.41) is 12.9. The number of benzene rings is 2. The fourth-order valence-electron chi connectivity index (χ4n) is 2.67. The molecule has 0 aliphatic carbocycles. The average Bonchev–Trinajstić information content (AvgIpc) is 2.67. The molecule has 148 valence electrons. The number of nitrogens with one attached hydrogen (secondary N) is 1. The van der Waals surface area contributed by atoms with E-state index in [1.54, 1.807) is 7.05 Å². The lowest BCUT2D eigenvalue weighted by Crippen LogP contribution is -2.34. The van der Waals surface area contributed by atoms with Gasteiger partial charge in [0.05, 0.1) is 6.10 Å². The first-order valence-electron chi connectivity index (χ1n) is 8.85. The molecule has 2 unspecified atom stereocenters. The Kier molecular flexibility index (Phi) is 9.86. The molecule has 2 N–H and O–H groups in total. The van der Waals surface area contributed by atoms with Gasteiger partial charge in [0.15, 0.2) is 6.61 Å². The Bertz CT molecular complexity index is 680. The third kappa shape index (κ3) is 7.59. The normalized spacial score (nSPS) is 12.8. The van der Waals surface area contributed by atoms with Crippen molar-refractivity contribution in [1.29, 1.82) is 0 Å². The van der Waals surface area contributed by atoms with E-state index in [2.05, 4.69) is 17.1 Å². The lowest BCUT2D eigenvalue weighted by molar-refractivity contribution is -0.122.